The summed E-state index contributed by atoms with van der Waals surface area (Å²) < 4.78 is 22.1. The van der Waals surface area contributed by atoms with E-state index in [0.717, 1.165) is 6.26 Å². The van der Waals surface area contributed by atoms with Crippen molar-refractivity contribution in [2.75, 3.05) is 6.26 Å². The third-order valence-electron chi connectivity index (χ3n) is 2.99. The molecule has 3 aromatic rings. The van der Waals surface area contributed by atoms with Gasteiger partial charge in [-0.2, -0.15) is 0 Å². The van der Waals surface area contributed by atoms with Crippen molar-refractivity contribution in [1.29, 1.82) is 0 Å². The number of aromatic amines is 1. The molecule has 0 aliphatic carbocycles. The molecule has 21 heavy (non-hydrogen) atoms. The van der Waals surface area contributed by atoms with Gasteiger partial charge >= 0.3 is 0 Å². The highest BCUT2D eigenvalue weighted by Gasteiger charge is 2.09. The van der Waals surface area contributed by atoms with E-state index in [0.29, 0.717) is 0 Å². The maximum atomic E-state index is 11.1. The van der Waals surface area contributed by atoms with Crippen LogP contribution in [0.2, 0.25) is 0 Å². The predicted molar refractivity (Wildman–Crippen MR) is 84.0 cm³/mol. The Kier molecular flexibility index (Phi) is 4.34. The fourth-order valence-corrected chi connectivity index (χ4v) is 2.67. The zero-order valence-corrected chi connectivity index (χ0v) is 13.1. The molecule has 2 aromatic heterocycles. The molecule has 2 bridgehead atoms. The van der Waals surface area contributed by atoms with Crippen LogP contribution >= 0.6 is 11.6 Å². The summed E-state index contributed by atoms with van der Waals surface area (Å²) in [5.41, 5.74) is 4.03. The molecule has 6 heteroatoms. The van der Waals surface area contributed by atoms with Crippen molar-refractivity contribution in [3.05, 3.63) is 53.6 Å². The van der Waals surface area contributed by atoms with Crippen molar-refractivity contribution in [3.63, 3.8) is 0 Å². The molecule has 3 rings (SSSR count). The van der Waals surface area contributed by atoms with Gasteiger partial charge in [-0.25, -0.2) is 8.42 Å². The van der Waals surface area contributed by atoms with Crippen LogP contribution in [0.1, 0.15) is 15.9 Å². The summed E-state index contributed by atoms with van der Waals surface area (Å²) in [6.07, 6.45) is 1.07. The van der Waals surface area contributed by atoms with Crippen LogP contribution < -0.4 is 0 Å². The van der Waals surface area contributed by atoms with E-state index >= 15 is 0 Å². The average molecular weight is 324 g/mol. The molecule has 4 nitrogen and oxygen atoms in total. The molecule has 1 N–H and O–H groups in total. The Morgan fingerprint density at radius 2 is 1.86 bits per heavy atom. The predicted octanol–water partition coefficient (Wildman–Crippen LogP) is 3.38. The largest absolute Gasteiger partial charge is 0.355 e. The van der Waals surface area contributed by atoms with Crippen LogP contribution in [0.5, 0.6) is 0 Å². The first kappa shape index (κ1) is 15.5. The van der Waals surface area contributed by atoms with Gasteiger partial charge in [0.2, 0.25) is 0 Å². The van der Waals surface area contributed by atoms with Crippen molar-refractivity contribution in [2.45, 2.75) is 11.8 Å². The number of rotatable bonds is 2. The van der Waals surface area contributed by atoms with E-state index in [1.807, 2.05) is 0 Å². The number of aryl methyl sites for hydroxylation is 1. The standard InChI is InChI=1S/C8H7ClO3S.C7H7N/c1-13(11,12)7-4-2-3-6(5-7)8(9)10;1-5-4-6-2-3-7(5)8-6/h2-5H,1H3;2-4,8H,1H3. The van der Waals surface area contributed by atoms with Gasteiger partial charge in [0.15, 0.2) is 9.84 Å². The monoisotopic (exact) mass is 323 g/mol. The van der Waals surface area contributed by atoms with E-state index < -0.39 is 15.1 Å². The van der Waals surface area contributed by atoms with Crippen molar-refractivity contribution in [1.82, 2.24) is 4.98 Å². The Morgan fingerprint density at radius 1 is 1.14 bits per heavy atom. The lowest BCUT2D eigenvalue weighted by Crippen LogP contribution is -1.98. The number of H-pyrrole nitrogens is 1. The van der Waals surface area contributed by atoms with Gasteiger partial charge in [0.1, 0.15) is 0 Å². The number of aromatic nitrogens is 1. The number of carbonyl (C=O) groups is 1. The number of halogens is 1. The van der Waals surface area contributed by atoms with Crippen LogP contribution in [0.25, 0.3) is 11.0 Å². The fourth-order valence-electron chi connectivity index (χ4n) is 1.89. The lowest BCUT2D eigenvalue weighted by Gasteiger charge is -1.98. The lowest BCUT2D eigenvalue weighted by atomic mass is 10.2. The molecule has 0 amide bonds. The number of benzene rings is 2. The second-order valence-corrected chi connectivity index (χ2v) is 7.09. The van der Waals surface area contributed by atoms with E-state index in [-0.39, 0.29) is 10.5 Å². The number of carbonyl (C=O) groups excluding carboxylic acids is 1. The average Bonchev–Trinajstić information content (AvgIpc) is 3.00. The number of fused-ring (bicyclic) bond motifs is 2. The first-order valence-corrected chi connectivity index (χ1v) is 8.42. The maximum Gasteiger partial charge on any atom is 0.252 e. The van der Waals surface area contributed by atoms with E-state index in [4.69, 9.17) is 11.6 Å². The quantitative estimate of drug-likeness (QED) is 0.735. The van der Waals surface area contributed by atoms with E-state index in [1.165, 1.54) is 40.9 Å². The number of sulfone groups is 1. The van der Waals surface area contributed by atoms with Crippen LogP contribution in [0.4, 0.5) is 0 Å². The number of nitrogens with one attached hydrogen (secondary N) is 1. The zero-order valence-electron chi connectivity index (χ0n) is 11.6. The summed E-state index contributed by atoms with van der Waals surface area (Å²) >= 11 is 5.19. The summed E-state index contributed by atoms with van der Waals surface area (Å²) in [6.45, 7) is 2.11. The summed E-state index contributed by atoms with van der Waals surface area (Å²) in [4.78, 5) is 14.0. The summed E-state index contributed by atoms with van der Waals surface area (Å²) in [5, 5.41) is -0.662. The summed E-state index contributed by atoms with van der Waals surface area (Å²) in [5.74, 6) is 0. The van der Waals surface area contributed by atoms with Crippen LogP contribution in [0.3, 0.4) is 0 Å². The highest BCUT2D eigenvalue weighted by atomic mass is 35.5. The molecule has 0 saturated carbocycles. The van der Waals surface area contributed by atoms with Gasteiger partial charge in [-0.1, -0.05) is 12.1 Å². The highest BCUT2D eigenvalue weighted by Crippen LogP contribution is 2.15. The molecule has 2 heterocycles. The minimum atomic E-state index is -3.27. The normalized spacial score (nSPS) is 11.2. The Bertz CT molecular complexity index is 868. The molecule has 0 aliphatic heterocycles. The molecule has 0 atom stereocenters. The van der Waals surface area contributed by atoms with Gasteiger partial charge in [0.25, 0.3) is 5.24 Å². The van der Waals surface area contributed by atoms with E-state index in [9.17, 15) is 13.2 Å². The summed E-state index contributed by atoms with van der Waals surface area (Å²) in [6, 6.07) is 11.9. The van der Waals surface area contributed by atoms with E-state index in [2.05, 4.69) is 30.1 Å². The van der Waals surface area contributed by atoms with E-state index in [1.54, 1.807) is 0 Å². The highest BCUT2D eigenvalue weighted by molar-refractivity contribution is 7.90. The molecule has 0 unspecified atom stereocenters. The van der Waals surface area contributed by atoms with Crippen LogP contribution in [-0.2, 0) is 9.84 Å². The molecule has 0 spiro atoms. The maximum absolute atomic E-state index is 11.1. The fraction of sp³-hybridized carbons (Fsp3) is 0.133. The van der Waals surface area contributed by atoms with Crippen LogP contribution in [0, 0.1) is 6.92 Å². The van der Waals surface area contributed by atoms with Gasteiger partial charge in [0, 0.05) is 22.9 Å². The summed E-state index contributed by atoms with van der Waals surface area (Å²) in [7, 11) is -3.27. The first-order valence-electron chi connectivity index (χ1n) is 6.15. The molecule has 0 radical (unpaired) electrons. The number of hydrogen-bond donors (Lipinski definition) is 1. The minimum Gasteiger partial charge on any atom is -0.355 e. The van der Waals surface area contributed by atoms with Gasteiger partial charge in [-0.05, 0) is 54.4 Å². The van der Waals surface area contributed by atoms with Crippen molar-refractivity contribution >= 4 is 37.7 Å². The Balaban J connectivity index is 0.000000170. The third-order valence-corrected chi connectivity index (χ3v) is 4.32. The van der Waals surface area contributed by atoms with Crippen molar-refractivity contribution < 1.29 is 13.2 Å². The topological polar surface area (TPSA) is 67.0 Å². The number of hydrogen-bond acceptors (Lipinski definition) is 3. The van der Waals surface area contributed by atoms with Crippen LogP contribution in [0.15, 0.2) is 47.4 Å². The Hall–Kier alpha value is -1.85. The minimum absolute atomic E-state index is 0.0963. The molecule has 0 saturated heterocycles. The Labute approximate surface area is 128 Å². The third kappa shape index (κ3) is 3.83. The molecular formula is C15H14ClNO3S. The smallest absolute Gasteiger partial charge is 0.252 e. The second-order valence-electron chi connectivity index (χ2n) is 4.73. The van der Waals surface area contributed by atoms with Gasteiger partial charge < -0.3 is 4.98 Å². The lowest BCUT2D eigenvalue weighted by molar-refractivity contribution is 0.108. The molecule has 1 aromatic carbocycles. The zero-order chi connectivity index (χ0) is 15.6. The van der Waals surface area contributed by atoms with Gasteiger partial charge in [0.05, 0.1) is 4.90 Å². The second kappa shape index (κ2) is 5.87. The Morgan fingerprint density at radius 3 is 2.24 bits per heavy atom. The SMILES string of the molecule is CS(=O)(=O)c1cccc(C(=O)Cl)c1.Cc1cc2ccc1[nH]2. The van der Waals surface area contributed by atoms with Crippen LogP contribution in [-0.4, -0.2) is 24.9 Å². The molecule has 0 aliphatic rings. The van der Waals surface area contributed by atoms with Crippen molar-refractivity contribution in [2.24, 2.45) is 0 Å². The molecule has 110 valence electrons. The van der Waals surface area contributed by atoms with Gasteiger partial charge in [-0.3, -0.25) is 4.79 Å². The van der Waals surface area contributed by atoms with Gasteiger partial charge in [-0.15, -0.1) is 0 Å². The molecule has 0 fully saturated rings. The van der Waals surface area contributed by atoms with Crippen molar-refractivity contribution in [3.8, 4) is 0 Å². The molecular weight excluding hydrogens is 310 g/mol. The first-order chi connectivity index (χ1) is 9.77.